The maximum atomic E-state index is 13.4. The van der Waals surface area contributed by atoms with Gasteiger partial charge in [0.15, 0.2) is 0 Å². The second-order valence-electron chi connectivity index (χ2n) is 8.78. The molecule has 2 amide bonds. The maximum absolute atomic E-state index is 13.4. The van der Waals surface area contributed by atoms with E-state index in [-0.39, 0.29) is 23.8 Å². The third-order valence-corrected chi connectivity index (χ3v) is 6.96. The number of pyridine rings is 1. The fourth-order valence-electron chi connectivity index (χ4n) is 4.78. The molecule has 1 unspecified atom stereocenters. The number of carbonyl (C=O) groups excluding carboxylic acids is 2. The van der Waals surface area contributed by atoms with Crippen molar-refractivity contribution in [1.82, 2.24) is 14.8 Å². The number of amides is 2. The first-order valence-electron chi connectivity index (χ1n) is 11.3. The van der Waals surface area contributed by atoms with Crippen molar-refractivity contribution in [3.63, 3.8) is 0 Å². The van der Waals surface area contributed by atoms with Crippen LogP contribution in [0.1, 0.15) is 77.0 Å². The van der Waals surface area contributed by atoms with Crippen molar-refractivity contribution >= 4 is 23.4 Å². The van der Waals surface area contributed by atoms with Crippen LogP contribution in [0.15, 0.2) is 36.4 Å². The SMILES string of the molecule is Cc1ccc(C(=O)N2CCCCC2C)c(C2CCN(C(=O)c3ccccc3Cl)CC2)n1. The van der Waals surface area contributed by atoms with Gasteiger partial charge in [0.1, 0.15) is 0 Å². The molecule has 0 bridgehead atoms. The predicted molar refractivity (Wildman–Crippen MR) is 123 cm³/mol. The Morgan fingerprint density at radius 3 is 2.39 bits per heavy atom. The summed E-state index contributed by atoms with van der Waals surface area (Å²) >= 11 is 6.22. The predicted octanol–water partition coefficient (Wildman–Crippen LogP) is 5.08. The molecule has 164 valence electrons. The summed E-state index contributed by atoms with van der Waals surface area (Å²) in [5, 5.41) is 0.485. The van der Waals surface area contributed by atoms with E-state index in [2.05, 4.69) is 6.92 Å². The van der Waals surface area contributed by atoms with Gasteiger partial charge in [-0.3, -0.25) is 14.6 Å². The second kappa shape index (κ2) is 9.39. The molecular formula is C25H30ClN3O2. The lowest BCUT2D eigenvalue weighted by Crippen LogP contribution is -2.43. The first-order chi connectivity index (χ1) is 15.0. The molecule has 1 aromatic carbocycles. The van der Waals surface area contributed by atoms with E-state index in [4.69, 9.17) is 16.6 Å². The highest BCUT2D eigenvalue weighted by Crippen LogP contribution is 2.32. The quantitative estimate of drug-likeness (QED) is 0.670. The Bertz CT molecular complexity index is 969. The minimum Gasteiger partial charge on any atom is -0.339 e. The largest absolute Gasteiger partial charge is 0.339 e. The van der Waals surface area contributed by atoms with Crippen LogP contribution in [-0.4, -0.2) is 52.3 Å². The molecule has 3 heterocycles. The van der Waals surface area contributed by atoms with E-state index in [0.29, 0.717) is 23.7 Å². The molecule has 1 atom stereocenters. The van der Waals surface area contributed by atoms with Gasteiger partial charge in [0.05, 0.1) is 21.8 Å². The number of likely N-dealkylation sites (tertiary alicyclic amines) is 2. The van der Waals surface area contributed by atoms with Crippen molar-refractivity contribution in [2.75, 3.05) is 19.6 Å². The van der Waals surface area contributed by atoms with Gasteiger partial charge < -0.3 is 9.80 Å². The van der Waals surface area contributed by atoms with Crippen LogP contribution in [0.4, 0.5) is 0 Å². The van der Waals surface area contributed by atoms with Gasteiger partial charge in [0, 0.05) is 37.3 Å². The van der Waals surface area contributed by atoms with Crippen molar-refractivity contribution in [3.8, 4) is 0 Å². The summed E-state index contributed by atoms with van der Waals surface area (Å²) in [5.41, 5.74) is 3.10. The smallest absolute Gasteiger partial charge is 0.255 e. The van der Waals surface area contributed by atoms with Crippen LogP contribution < -0.4 is 0 Å². The molecule has 0 radical (unpaired) electrons. The Labute approximate surface area is 189 Å². The Morgan fingerprint density at radius 1 is 0.935 bits per heavy atom. The van der Waals surface area contributed by atoms with Crippen molar-refractivity contribution in [3.05, 3.63) is 63.9 Å². The summed E-state index contributed by atoms with van der Waals surface area (Å²) in [6.07, 6.45) is 4.89. The number of aryl methyl sites for hydroxylation is 1. The molecule has 4 rings (SSSR count). The van der Waals surface area contributed by atoms with Crippen LogP contribution in [0.5, 0.6) is 0 Å². The molecular weight excluding hydrogens is 410 g/mol. The molecule has 0 N–H and O–H groups in total. The summed E-state index contributed by atoms with van der Waals surface area (Å²) in [4.78, 5) is 35.0. The van der Waals surface area contributed by atoms with Crippen LogP contribution in [0.2, 0.25) is 5.02 Å². The highest BCUT2D eigenvalue weighted by molar-refractivity contribution is 6.33. The fourth-order valence-corrected chi connectivity index (χ4v) is 5.00. The van der Waals surface area contributed by atoms with Gasteiger partial charge in [-0.05, 0) is 70.2 Å². The van der Waals surface area contributed by atoms with Gasteiger partial charge in [-0.25, -0.2) is 0 Å². The van der Waals surface area contributed by atoms with Crippen LogP contribution in [0.3, 0.4) is 0 Å². The Kier molecular flexibility index (Phi) is 6.61. The molecule has 0 spiro atoms. The average molecular weight is 440 g/mol. The van der Waals surface area contributed by atoms with Gasteiger partial charge in [0.2, 0.25) is 0 Å². The molecule has 2 fully saturated rings. The number of aromatic nitrogens is 1. The molecule has 5 nitrogen and oxygen atoms in total. The van der Waals surface area contributed by atoms with E-state index in [9.17, 15) is 9.59 Å². The number of benzene rings is 1. The summed E-state index contributed by atoms with van der Waals surface area (Å²) in [5.74, 6) is 0.248. The van der Waals surface area contributed by atoms with Crippen LogP contribution in [0.25, 0.3) is 0 Å². The minimum absolute atomic E-state index is 0.0281. The van der Waals surface area contributed by atoms with E-state index < -0.39 is 0 Å². The molecule has 2 aliphatic rings. The van der Waals surface area contributed by atoms with E-state index in [0.717, 1.165) is 49.2 Å². The lowest BCUT2D eigenvalue weighted by molar-refractivity contribution is 0.0628. The van der Waals surface area contributed by atoms with Gasteiger partial charge in [-0.15, -0.1) is 0 Å². The number of nitrogens with zero attached hydrogens (tertiary/aromatic N) is 3. The maximum Gasteiger partial charge on any atom is 0.255 e. The number of hydrogen-bond donors (Lipinski definition) is 0. The number of piperidine rings is 2. The van der Waals surface area contributed by atoms with E-state index in [1.807, 2.05) is 41.0 Å². The van der Waals surface area contributed by atoms with Crippen molar-refractivity contribution in [2.45, 2.75) is 57.9 Å². The summed E-state index contributed by atoms with van der Waals surface area (Å²) in [6.45, 7) is 6.20. The summed E-state index contributed by atoms with van der Waals surface area (Å²) < 4.78 is 0. The molecule has 6 heteroatoms. The van der Waals surface area contributed by atoms with Gasteiger partial charge in [-0.1, -0.05) is 23.7 Å². The highest BCUT2D eigenvalue weighted by Gasteiger charge is 2.31. The summed E-state index contributed by atoms with van der Waals surface area (Å²) in [7, 11) is 0. The third kappa shape index (κ3) is 4.62. The van der Waals surface area contributed by atoms with E-state index in [1.165, 1.54) is 6.42 Å². The Hall–Kier alpha value is -2.40. The number of halogens is 1. The van der Waals surface area contributed by atoms with Crippen molar-refractivity contribution in [2.24, 2.45) is 0 Å². The first kappa shape index (κ1) is 21.8. The van der Waals surface area contributed by atoms with Crippen LogP contribution in [0, 0.1) is 6.92 Å². The number of rotatable bonds is 3. The molecule has 2 aromatic rings. The lowest BCUT2D eigenvalue weighted by atomic mass is 9.89. The summed E-state index contributed by atoms with van der Waals surface area (Å²) in [6, 6.07) is 11.3. The van der Waals surface area contributed by atoms with Gasteiger partial charge in [0.25, 0.3) is 11.8 Å². The minimum atomic E-state index is -0.0281. The molecule has 0 aliphatic carbocycles. The number of hydrogen-bond acceptors (Lipinski definition) is 3. The highest BCUT2D eigenvalue weighted by atomic mass is 35.5. The van der Waals surface area contributed by atoms with Crippen LogP contribution >= 0.6 is 11.6 Å². The Balaban J connectivity index is 1.51. The zero-order valence-electron chi connectivity index (χ0n) is 18.3. The monoisotopic (exact) mass is 439 g/mol. The molecule has 2 saturated heterocycles. The average Bonchev–Trinajstić information content (AvgIpc) is 2.79. The zero-order chi connectivity index (χ0) is 22.0. The molecule has 1 aromatic heterocycles. The molecule has 0 saturated carbocycles. The normalized spacial score (nSPS) is 20.0. The van der Waals surface area contributed by atoms with E-state index in [1.54, 1.807) is 12.1 Å². The topological polar surface area (TPSA) is 53.5 Å². The van der Waals surface area contributed by atoms with Crippen molar-refractivity contribution < 1.29 is 9.59 Å². The lowest BCUT2D eigenvalue weighted by Gasteiger charge is -2.35. The van der Waals surface area contributed by atoms with Crippen molar-refractivity contribution in [1.29, 1.82) is 0 Å². The van der Waals surface area contributed by atoms with E-state index >= 15 is 0 Å². The van der Waals surface area contributed by atoms with Crippen LogP contribution in [-0.2, 0) is 0 Å². The first-order valence-corrected chi connectivity index (χ1v) is 11.7. The van der Waals surface area contributed by atoms with Gasteiger partial charge >= 0.3 is 0 Å². The zero-order valence-corrected chi connectivity index (χ0v) is 19.1. The standard InChI is InChI=1S/C25H30ClN3O2/c1-17-10-11-21(25(31)29-14-6-5-7-18(29)2)23(27-17)19-12-15-28(16-13-19)24(30)20-8-3-4-9-22(20)26/h3-4,8-11,18-19H,5-7,12-16H2,1-2H3. The van der Waals surface area contributed by atoms with Gasteiger partial charge in [-0.2, -0.15) is 0 Å². The fraction of sp³-hybridized carbons (Fsp3) is 0.480. The molecule has 2 aliphatic heterocycles. The second-order valence-corrected chi connectivity index (χ2v) is 9.18. The third-order valence-electron chi connectivity index (χ3n) is 6.63. The number of carbonyl (C=O) groups is 2. The Morgan fingerprint density at radius 2 is 1.68 bits per heavy atom. The molecule has 31 heavy (non-hydrogen) atoms.